The van der Waals surface area contributed by atoms with Crippen molar-refractivity contribution in [2.75, 3.05) is 30.6 Å². The molecule has 1 aliphatic rings. The Morgan fingerprint density at radius 3 is 2.29 bits per heavy atom. The standard InChI is InChI=1S/C31H36FN3O6S/c1-21(2)18-33-31(37)23(4)34(19-24-8-6-5-7-22(24)3)30(36)20-35(26-11-9-25(32)10-12-26)42(38,39)27-13-14-28-29(17-27)41-16-15-40-28/h5-14,17,21,23H,15-16,18-20H2,1-4H3,(H,33,37)/t23-/m0/s1. The van der Waals surface area contributed by atoms with Gasteiger partial charge in [0, 0.05) is 19.2 Å². The van der Waals surface area contributed by atoms with E-state index in [1.54, 1.807) is 6.92 Å². The van der Waals surface area contributed by atoms with Gasteiger partial charge in [-0.25, -0.2) is 12.8 Å². The van der Waals surface area contributed by atoms with Gasteiger partial charge in [-0.3, -0.25) is 13.9 Å². The molecule has 0 fully saturated rings. The number of carbonyl (C=O) groups is 2. The van der Waals surface area contributed by atoms with Crippen molar-refractivity contribution >= 4 is 27.5 Å². The first-order valence-corrected chi connectivity index (χ1v) is 15.2. The first-order valence-electron chi connectivity index (χ1n) is 13.8. The first-order chi connectivity index (χ1) is 20.0. The summed E-state index contributed by atoms with van der Waals surface area (Å²) >= 11 is 0. The summed E-state index contributed by atoms with van der Waals surface area (Å²) in [7, 11) is -4.35. The molecule has 4 rings (SSSR count). The number of fused-ring (bicyclic) bond motifs is 1. The highest BCUT2D eigenvalue weighted by Gasteiger charge is 2.33. The predicted molar refractivity (Wildman–Crippen MR) is 157 cm³/mol. The minimum Gasteiger partial charge on any atom is -0.486 e. The van der Waals surface area contributed by atoms with E-state index < -0.39 is 34.3 Å². The van der Waals surface area contributed by atoms with Crippen LogP contribution in [-0.2, 0) is 26.2 Å². The largest absolute Gasteiger partial charge is 0.486 e. The number of anilines is 1. The van der Waals surface area contributed by atoms with E-state index in [9.17, 15) is 22.4 Å². The lowest BCUT2D eigenvalue weighted by Crippen LogP contribution is -2.51. The molecular formula is C31H36FN3O6S. The molecule has 0 aromatic heterocycles. The van der Waals surface area contributed by atoms with Gasteiger partial charge in [0.2, 0.25) is 11.8 Å². The van der Waals surface area contributed by atoms with Gasteiger partial charge in [0.1, 0.15) is 31.6 Å². The Balaban J connectivity index is 1.71. The summed E-state index contributed by atoms with van der Waals surface area (Å²) in [6, 6.07) is 15.6. The fraction of sp³-hybridized carbons (Fsp3) is 0.355. The van der Waals surface area contributed by atoms with Crippen LogP contribution in [0.15, 0.2) is 71.6 Å². The topological polar surface area (TPSA) is 105 Å². The molecule has 1 heterocycles. The third-order valence-electron chi connectivity index (χ3n) is 6.95. The number of rotatable bonds is 11. The summed E-state index contributed by atoms with van der Waals surface area (Å²) in [6.45, 7) is 7.93. The second-order valence-corrected chi connectivity index (χ2v) is 12.4. The van der Waals surface area contributed by atoms with Gasteiger partial charge >= 0.3 is 0 Å². The van der Waals surface area contributed by atoms with E-state index in [0.29, 0.717) is 18.9 Å². The normalized spacial score (nSPS) is 13.4. The lowest BCUT2D eigenvalue weighted by atomic mass is 10.1. The molecule has 0 bridgehead atoms. The van der Waals surface area contributed by atoms with E-state index in [4.69, 9.17) is 9.47 Å². The van der Waals surface area contributed by atoms with Gasteiger partial charge in [-0.2, -0.15) is 0 Å². The highest BCUT2D eigenvalue weighted by atomic mass is 32.2. The van der Waals surface area contributed by atoms with Crippen LogP contribution in [-0.4, -0.2) is 57.5 Å². The van der Waals surface area contributed by atoms with Crippen LogP contribution in [0.4, 0.5) is 10.1 Å². The Bertz CT molecular complexity index is 1530. The number of sulfonamides is 1. The van der Waals surface area contributed by atoms with Crippen molar-refractivity contribution in [2.45, 2.75) is 45.2 Å². The summed E-state index contributed by atoms with van der Waals surface area (Å²) in [5, 5.41) is 2.86. The van der Waals surface area contributed by atoms with E-state index in [-0.39, 0.29) is 41.3 Å². The number of nitrogens with zero attached hydrogens (tertiary/aromatic N) is 2. The van der Waals surface area contributed by atoms with Crippen LogP contribution in [0.3, 0.4) is 0 Å². The Kier molecular flexibility index (Phi) is 9.72. The van der Waals surface area contributed by atoms with Crippen LogP contribution in [0, 0.1) is 18.7 Å². The molecule has 9 nitrogen and oxygen atoms in total. The number of carbonyl (C=O) groups excluding carboxylic acids is 2. The highest BCUT2D eigenvalue weighted by molar-refractivity contribution is 7.92. The minimum atomic E-state index is -4.35. The molecule has 0 saturated carbocycles. The van der Waals surface area contributed by atoms with Gasteiger partial charge in [-0.15, -0.1) is 0 Å². The number of hydrogen-bond donors (Lipinski definition) is 1. The third-order valence-corrected chi connectivity index (χ3v) is 8.72. The summed E-state index contributed by atoms with van der Waals surface area (Å²) in [4.78, 5) is 28.4. The number of amides is 2. The van der Waals surface area contributed by atoms with Crippen molar-refractivity contribution < 1.29 is 31.9 Å². The molecule has 2 amide bonds. The average molecular weight is 598 g/mol. The van der Waals surface area contributed by atoms with Crippen molar-refractivity contribution in [1.82, 2.24) is 10.2 Å². The lowest BCUT2D eigenvalue weighted by Gasteiger charge is -2.32. The van der Waals surface area contributed by atoms with Crippen LogP contribution in [0.5, 0.6) is 11.5 Å². The second kappa shape index (κ2) is 13.2. The van der Waals surface area contributed by atoms with Crippen molar-refractivity contribution in [2.24, 2.45) is 5.92 Å². The summed E-state index contributed by atoms with van der Waals surface area (Å²) < 4.78 is 53.9. The van der Waals surface area contributed by atoms with Crippen LogP contribution >= 0.6 is 0 Å². The quantitative estimate of drug-likeness (QED) is 0.354. The van der Waals surface area contributed by atoms with Gasteiger partial charge in [0.05, 0.1) is 10.6 Å². The smallest absolute Gasteiger partial charge is 0.264 e. The summed E-state index contributed by atoms with van der Waals surface area (Å²) in [5.74, 6) is -0.630. The molecule has 3 aromatic rings. The highest BCUT2D eigenvalue weighted by Crippen LogP contribution is 2.34. The Morgan fingerprint density at radius 2 is 1.62 bits per heavy atom. The number of ether oxygens (including phenoxy) is 2. The average Bonchev–Trinajstić information content (AvgIpc) is 2.98. The zero-order valence-electron chi connectivity index (χ0n) is 24.2. The monoisotopic (exact) mass is 597 g/mol. The van der Waals surface area contributed by atoms with Crippen molar-refractivity contribution in [1.29, 1.82) is 0 Å². The molecule has 1 atom stereocenters. The fourth-order valence-corrected chi connectivity index (χ4v) is 5.88. The molecule has 0 spiro atoms. The van der Waals surface area contributed by atoms with Crippen LogP contribution in [0.1, 0.15) is 31.9 Å². The maximum absolute atomic E-state index is 14.0. The van der Waals surface area contributed by atoms with Gasteiger partial charge < -0.3 is 19.7 Å². The number of nitrogens with one attached hydrogen (secondary N) is 1. The van der Waals surface area contributed by atoms with Crippen LogP contribution in [0.25, 0.3) is 0 Å². The molecule has 0 unspecified atom stereocenters. The number of aryl methyl sites for hydroxylation is 1. The van der Waals surface area contributed by atoms with Gasteiger partial charge in [0.15, 0.2) is 11.5 Å². The Morgan fingerprint density at radius 1 is 0.952 bits per heavy atom. The molecule has 1 N–H and O–H groups in total. The van der Waals surface area contributed by atoms with E-state index in [2.05, 4.69) is 5.32 Å². The maximum Gasteiger partial charge on any atom is 0.264 e. The van der Waals surface area contributed by atoms with Gasteiger partial charge in [-0.05, 0) is 67.3 Å². The predicted octanol–water partition coefficient (Wildman–Crippen LogP) is 4.29. The van der Waals surface area contributed by atoms with Gasteiger partial charge in [0.25, 0.3) is 10.0 Å². The zero-order valence-corrected chi connectivity index (χ0v) is 25.0. The maximum atomic E-state index is 14.0. The lowest BCUT2D eigenvalue weighted by molar-refractivity contribution is -0.139. The number of benzene rings is 3. The first kappa shape index (κ1) is 30.8. The van der Waals surface area contributed by atoms with E-state index >= 15 is 0 Å². The van der Waals surface area contributed by atoms with Crippen LogP contribution in [0.2, 0.25) is 0 Å². The fourth-order valence-electron chi connectivity index (χ4n) is 4.45. The minimum absolute atomic E-state index is 0.0864. The van der Waals surface area contributed by atoms with E-state index in [1.165, 1.54) is 35.2 Å². The summed E-state index contributed by atoms with van der Waals surface area (Å²) in [5.41, 5.74) is 1.83. The molecule has 224 valence electrons. The third kappa shape index (κ3) is 7.20. The zero-order chi connectivity index (χ0) is 30.4. The summed E-state index contributed by atoms with van der Waals surface area (Å²) in [6.07, 6.45) is 0. The van der Waals surface area contributed by atoms with E-state index in [0.717, 1.165) is 27.6 Å². The van der Waals surface area contributed by atoms with Crippen molar-refractivity contribution in [3.63, 3.8) is 0 Å². The second-order valence-electron chi connectivity index (χ2n) is 10.6. The molecular weight excluding hydrogens is 561 g/mol. The number of halogens is 1. The molecule has 11 heteroatoms. The van der Waals surface area contributed by atoms with Crippen LogP contribution < -0.4 is 19.1 Å². The van der Waals surface area contributed by atoms with Gasteiger partial charge in [-0.1, -0.05) is 38.1 Å². The molecule has 3 aromatic carbocycles. The Labute approximate surface area is 246 Å². The van der Waals surface area contributed by atoms with E-state index in [1.807, 2.05) is 45.0 Å². The van der Waals surface area contributed by atoms with Crippen molar-refractivity contribution in [3.05, 3.63) is 83.7 Å². The molecule has 0 aliphatic carbocycles. The molecule has 0 saturated heterocycles. The number of hydrogen-bond acceptors (Lipinski definition) is 6. The molecule has 42 heavy (non-hydrogen) atoms. The molecule has 0 radical (unpaired) electrons. The van der Waals surface area contributed by atoms with Crippen molar-refractivity contribution in [3.8, 4) is 11.5 Å². The Hall–Kier alpha value is -4.12. The SMILES string of the molecule is Cc1ccccc1CN(C(=O)CN(c1ccc(F)cc1)S(=O)(=O)c1ccc2c(c1)OCCO2)[C@@H](C)C(=O)NCC(C)C. The molecule has 1 aliphatic heterocycles.